The molecule has 0 fully saturated rings. The number of nitrogens with zero attached hydrogens (tertiary/aromatic N) is 1. The highest BCUT2D eigenvalue weighted by Gasteiger charge is 2.31. The molecule has 0 amide bonds. The minimum Gasteiger partial charge on any atom is -0.494 e. The second-order valence-electron chi connectivity index (χ2n) is 8.32. The summed E-state index contributed by atoms with van der Waals surface area (Å²) < 4.78 is 22.4. The topological polar surface area (TPSA) is 104 Å². The molecule has 184 valence electrons. The highest BCUT2D eigenvalue weighted by Crippen LogP contribution is 2.43. The number of para-hydroxylation sites is 1. The van der Waals surface area contributed by atoms with Gasteiger partial charge in [-0.15, -0.1) is 0 Å². The van der Waals surface area contributed by atoms with Gasteiger partial charge in [0, 0.05) is 11.6 Å². The first kappa shape index (κ1) is 24.7. The van der Waals surface area contributed by atoms with E-state index in [2.05, 4.69) is 13.0 Å². The van der Waals surface area contributed by atoms with Gasteiger partial charge >= 0.3 is 5.97 Å². The first-order valence-electron chi connectivity index (χ1n) is 11.9. The van der Waals surface area contributed by atoms with Gasteiger partial charge in [0.05, 0.1) is 12.5 Å². The smallest absolute Gasteiger partial charge is 0.349 e. The van der Waals surface area contributed by atoms with E-state index in [-0.39, 0.29) is 18.2 Å². The van der Waals surface area contributed by atoms with E-state index in [1.807, 2.05) is 42.5 Å². The number of carbonyl (C=O) groups excluding carboxylic acids is 1. The van der Waals surface area contributed by atoms with E-state index in [1.54, 1.807) is 30.3 Å². The number of hydrogen-bond donors (Lipinski definition) is 1. The second-order valence-corrected chi connectivity index (χ2v) is 8.32. The summed E-state index contributed by atoms with van der Waals surface area (Å²) in [6.07, 6.45) is 3.27. The number of fused-ring (bicyclic) bond motifs is 1. The molecule has 7 heteroatoms. The second kappa shape index (κ2) is 11.8. The average Bonchev–Trinajstić information content (AvgIpc) is 2.90. The number of unbranched alkanes of at least 4 members (excludes halogenated alkanes) is 2. The van der Waals surface area contributed by atoms with Gasteiger partial charge in [-0.05, 0) is 42.3 Å². The van der Waals surface area contributed by atoms with Crippen molar-refractivity contribution >= 4 is 5.97 Å². The zero-order chi connectivity index (χ0) is 25.3. The Hall–Kier alpha value is -4.44. The Morgan fingerprint density at radius 1 is 0.972 bits per heavy atom. The molecule has 4 rings (SSSR count). The Morgan fingerprint density at radius 2 is 1.69 bits per heavy atom. The molecule has 0 saturated carbocycles. The number of nitrogens with two attached hydrogens (primary N) is 1. The molecule has 1 unspecified atom stereocenters. The average molecular weight is 485 g/mol. The first-order valence-corrected chi connectivity index (χ1v) is 11.9. The molecule has 0 saturated heterocycles. The molecule has 3 aromatic rings. The summed E-state index contributed by atoms with van der Waals surface area (Å²) in [5.74, 6) is 1.11. The Balaban J connectivity index is 1.49. The van der Waals surface area contributed by atoms with Gasteiger partial charge in [0.2, 0.25) is 5.88 Å². The number of carbonyl (C=O) groups is 1. The lowest BCUT2D eigenvalue weighted by Gasteiger charge is -2.26. The zero-order valence-corrected chi connectivity index (χ0v) is 20.1. The highest BCUT2D eigenvalue weighted by atomic mass is 16.6. The van der Waals surface area contributed by atoms with E-state index in [9.17, 15) is 10.1 Å². The molecule has 1 aliphatic heterocycles. The van der Waals surface area contributed by atoms with E-state index < -0.39 is 11.9 Å². The summed E-state index contributed by atoms with van der Waals surface area (Å²) in [6.45, 7) is 2.58. The fourth-order valence-corrected chi connectivity index (χ4v) is 3.96. The van der Waals surface area contributed by atoms with Crippen LogP contribution < -0.4 is 24.7 Å². The molecule has 0 spiro atoms. The third-order valence-corrected chi connectivity index (χ3v) is 5.75. The van der Waals surface area contributed by atoms with E-state index >= 15 is 0 Å². The number of hydrogen-bond acceptors (Lipinski definition) is 7. The molecule has 7 nitrogen and oxygen atoms in total. The van der Waals surface area contributed by atoms with Gasteiger partial charge in [-0.2, -0.15) is 5.26 Å². The minimum absolute atomic E-state index is 0.0192. The molecule has 0 aliphatic carbocycles. The van der Waals surface area contributed by atoms with Crippen molar-refractivity contribution in [1.82, 2.24) is 0 Å². The van der Waals surface area contributed by atoms with Crippen LogP contribution in [-0.4, -0.2) is 19.2 Å². The molecule has 2 N–H and O–H groups in total. The van der Waals surface area contributed by atoms with Gasteiger partial charge in [0.25, 0.3) is 0 Å². The SMILES string of the molecule is CCCCCOc1ccc(C2C(C#N)=C(N)Oc3cc(OC(=O)COc4ccccc4)ccc32)cc1. The van der Waals surface area contributed by atoms with Crippen molar-refractivity contribution in [3.63, 3.8) is 0 Å². The van der Waals surface area contributed by atoms with Crippen LogP contribution in [0.5, 0.6) is 23.0 Å². The maximum absolute atomic E-state index is 12.3. The van der Waals surface area contributed by atoms with Crippen molar-refractivity contribution in [3.05, 3.63) is 95.4 Å². The van der Waals surface area contributed by atoms with Gasteiger partial charge in [-0.3, -0.25) is 0 Å². The van der Waals surface area contributed by atoms with Gasteiger partial charge in [-0.1, -0.05) is 56.2 Å². The number of nitriles is 1. The molecule has 1 aliphatic rings. The Bertz CT molecular complexity index is 1260. The Labute approximate surface area is 210 Å². The van der Waals surface area contributed by atoms with Crippen molar-refractivity contribution < 1.29 is 23.7 Å². The predicted molar refractivity (Wildman–Crippen MR) is 135 cm³/mol. The number of rotatable bonds is 10. The van der Waals surface area contributed by atoms with Crippen LogP contribution in [0.3, 0.4) is 0 Å². The largest absolute Gasteiger partial charge is 0.494 e. The molecule has 36 heavy (non-hydrogen) atoms. The predicted octanol–water partition coefficient (Wildman–Crippen LogP) is 5.46. The quantitative estimate of drug-likeness (QED) is 0.232. The summed E-state index contributed by atoms with van der Waals surface area (Å²) in [6, 6.07) is 23.9. The monoisotopic (exact) mass is 484 g/mol. The maximum atomic E-state index is 12.3. The number of ether oxygens (including phenoxy) is 4. The van der Waals surface area contributed by atoms with Crippen LogP contribution in [-0.2, 0) is 4.79 Å². The van der Waals surface area contributed by atoms with Crippen LogP contribution in [0.1, 0.15) is 43.2 Å². The molecule has 0 bridgehead atoms. The summed E-state index contributed by atoms with van der Waals surface area (Å²) >= 11 is 0. The normalized spacial score (nSPS) is 14.3. The van der Waals surface area contributed by atoms with Crippen LogP contribution >= 0.6 is 0 Å². The minimum atomic E-state index is -0.554. The van der Waals surface area contributed by atoms with Gasteiger partial charge in [0.1, 0.15) is 34.6 Å². The van der Waals surface area contributed by atoms with Crippen molar-refractivity contribution in [2.75, 3.05) is 13.2 Å². The molecule has 1 atom stereocenters. The Morgan fingerprint density at radius 3 is 2.42 bits per heavy atom. The third kappa shape index (κ3) is 5.97. The lowest BCUT2D eigenvalue weighted by molar-refractivity contribution is -0.136. The van der Waals surface area contributed by atoms with Crippen LogP contribution in [0.25, 0.3) is 0 Å². The molecular formula is C29H28N2O5. The lowest BCUT2D eigenvalue weighted by atomic mass is 9.83. The molecular weight excluding hydrogens is 456 g/mol. The van der Waals surface area contributed by atoms with Gasteiger partial charge in [-0.25, -0.2) is 4.79 Å². The van der Waals surface area contributed by atoms with Crippen LogP contribution in [0.4, 0.5) is 0 Å². The number of allylic oxidation sites excluding steroid dienone is 1. The highest BCUT2D eigenvalue weighted by molar-refractivity contribution is 5.74. The van der Waals surface area contributed by atoms with Crippen molar-refractivity contribution in [2.24, 2.45) is 5.73 Å². The van der Waals surface area contributed by atoms with E-state index in [0.29, 0.717) is 23.7 Å². The van der Waals surface area contributed by atoms with Crippen molar-refractivity contribution in [2.45, 2.75) is 32.1 Å². The molecule has 0 radical (unpaired) electrons. The third-order valence-electron chi connectivity index (χ3n) is 5.75. The number of benzene rings is 3. The van der Waals surface area contributed by atoms with Crippen LogP contribution in [0.15, 0.2) is 84.3 Å². The van der Waals surface area contributed by atoms with Crippen molar-refractivity contribution in [3.8, 4) is 29.1 Å². The van der Waals surface area contributed by atoms with Crippen molar-refractivity contribution in [1.29, 1.82) is 5.26 Å². The van der Waals surface area contributed by atoms with E-state index in [1.165, 1.54) is 0 Å². The lowest BCUT2D eigenvalue weighted by Crippen LogP contribution is -2.21. The van der Waals surface area contributed by atoms with Gasteiger partial charge < -0.3 is 24.7 Å². The summed E-state index contributed by atoms with van der Waals surface area (Å²) in [5, 5.41) is 9.79. The van der Waals surface area contributed by atoms with Gasteiger partial charge in [0.15, 0.2) is 6.61 Å². The fraction of sp³-hybridized carbons (Fsp3) is 0.241. The fourth-order valence-electron chi connectivity index (χ4n) is 3.96. The first-order chi connectivity index (χ1) is 17.6. The zero-order valence-electron chi connectivity index (χ0n) is 20.1. The molecule has 3 aromatic carbocycles. The Kier molecular flexibility index (Phi) is 8.09. The maximum Gasteiger partial charge on any atom is 0.349 e. The summed E-state index contributed by atoms with van der Waals surface area (Å²) in [5.41, 5.74) is 8.05. The molecule has 0 aromatic heterocycles. The molecule has 1 heterocycles. The van der Waals surface area contributed by atoms with Crippen LogP contribution in [0.2, 0.25) is 0 Å². The number of esters is 1. The van der Waals surface area contributed by atoms with Crippen LogP contribution in [0, 0.1) is 11.3 Å². The van der Waals surface area contributed by atoms with E-state index in [0.717, 1.165) is 36.1 Å². The van der Waals surface area contributed by atoms with E-state index in [4.69, 9.17) is 24.7 Å². The summed E-state index contributed by atoms with van der Waals surface area (Å²) in [4.78, 5) is 12.3. The standard InChI is InChI=1S/C29H28N2O5/c1-2-3-7-16-33-22-12-10-20(11-13-22)28-24-15-14-23(17-26(24)36-29(31)25(28)18-30)35-27(32)19-34-21-8-5-4-6-9-21/h4-6,8-15,17,28H,2-3,7,16,19,31H2,1H3. The summed E-state index contributed by atoms with van der Waals surface area (Å²) in [7, 11) is 0.